The maximum atomic E-state index is 12.4. The number of sulfone groups is 1. The summed E-state index contributed by atoms with van der Waals surface area (Å²) >= 11 is 0. The molecule has 4 aliphatic carbocycles. The largest absolute Gasteiger partial charge is 0.490 e. The molecule has 4 fully saturated rings. The molecule has 0 bridgehead atoms. The van der Waals surface area contributed by atoms with Crippen molar-refractivity contribution in [2.45, 2.75) is 111 Å². The minimum Gasteiger partial charge on any atom is -0.490 e. The van der Waals surface area contributed by atoms with Crippen molar-refractivity contribution in [1.82, 2.24) is 4.90 Å². The molecule has 0 radical (unpaired) electrons. The Kier molecular flexibility index (Phi) is 6.59. The lowest BCUT2D eigenvalue weighted by molar-refractivity contribution is -0.0132. The van der Waals surface area contributed by atoms with Gasteiger partial charge in [-0.3, -0.25) is 0 Å². The van der Waals surface area contributed by atoms with Gasteiger partial charge in [-0.15, -0.1) is 0 Å². The fraction of sp³-hybridized carbons (Fsp3) is 0.636. The summed E-state index contributed by atoms with van der Waals surface area (Å²) in [4.78, 5) is 3.19. The lowest BCUT2D eigenvalue weighted by Crippen LogP contribution is -2.54. The Hall–Kier alpha value is -1.85. The monoisotopic (exact) mass is 533 g/mol. The van der Waals surface area contributed by atoms with Gasteiger partial charge in [0.2, 0.25) is 0 Å². The molecule has 38 heavy (non-hydrogen) atoms. The lowest BCUT2D eigenvalue weighted by Gasteiger charge is -2.53. The topological polar surface area (TPSA) is 46.6 Å². The summed E-state index contributed by atoms with van der Waals surface area (Å²) in [6, 6.07) is 17.3. The molecular formula is C33H43NO3S. The number of likely N-dealkylation sites (tertiary alicyclic amines) is 1. The van der Waals surface area contributed by atoms with Gasteiger partial charge in [0.15, 0.2) is 9.84 Å². The van der Waals surface area contributed by atoms with Gasteiger partial charge in [-0.25, -0.2) is 8.42 Å². The Balaban J connectivity index is 0.963. The average molecular weight is 534 g/mol. The Morgan fingerprint density at radius 1 is 0.789 bits per heavy atom. The van der Waals surface area contributed by atoms with Crippen molar-refractivity contribution < 1.29 is 13.2 Å². The third-order valence-electron chi connectivity index (χ3n) is 10.9. The first-order chi connectivity index (χ1) is 18.5. The van der Waals surface area contributed by atoms with Crippen LogP contribution >= 0.6 is 0 Å². The van der Waals surface area contributed by atoms with Gasteiger partial charge in [0, 0.05) is 24.3 Å². The predicted molar refractivity (Wildman–Crippen MR) is 151 cm³/mol. The molecule has 7 rings (SSSR count). The third-order valence-corrected chi connectivity index (χ3v) is 13.2. The van der Waals surface area contributed by atoms with Crippen LogP contribution in [0.2, 0.25) is 0 Å². The Labute approximate surface area is 229 Å². The van der Waals surface area contributed by atoms with Crippen LogP contribution in [0.5, 0.6) is 5.75 Å². The number of fused-ring (bicyclic) bond motifs is 1. The molecule has 5 heteroatoms. The first-order valence-electron chi connectivity index (χ1n) is 15.4. The zero-order valence-electron chi connectivity index (χ0n) is 22.7. The zero-order valence-corrected chi connectivity index (χ0v) is 23.5. The molecule has 0 aromatic heterocycles. The lowest BCUT2D eigenvalue weighted by atomic mass is 9.54. The quantitative estimate of drug-likeness (QED) is 0.397. The van der Waals surface area contributed by atoms with E-state index in [1.54, 1.807) is 23.3 Å². The number of benzene rings is 2. The molecule has 2 aromatic carbocycles. The van der Waals surface area contributed by atoms with Gasteiger partial charge in [-0.2, -0.15) is 0 Å². The van der Waals surface area contributed by atoms with E-state index in [0.29, 0.717) is 16.4 Å². The van der Waals surface area contributed by atoms with Gasteiger partial charge in [0.1, 0.15) is 11.9 Å². The highest BCUT2D eigenvalue weighted by Gasteiger charge is 2.50. The molecule has 1 saturated heterocycles. The van der Waals surface area contributed by atoms with Gasteiger partial charge < -0.3 is 9.64 Å². The van der Waals surface area contributed by atoms with Gasteiger partial charge in [-0.1, -0.05) is 37.1 Å². The van der Waals surface area contributed by atoms with E-state index in [0.717, 1.165) is 43.3 Å². The van der Waals surface area contributed by atoms with Crippen LogP contribution in [0.25, 0.3) is 0 Å². The van der Waals surface area contributed by atoms with E-state index >= 15 is 0 Å². The minimum absolute atomic E-state index is 0.160. The fourth-order valence-corrected chi connectivity index (χ4v) is 10.4. The van der Waals surface area contributed by atoms with E-state index in [4.69, 9.17) is 4.74 Å². The summed E-state index contributed by atoms with van der Waals surface area (Å²) < 4.78 is 31.1. The van der Waals surface area contributed by atoms with Crippen LogP contribution in [0, 0.1) is 11.8 Å². The molecule has 1 aliphatic heterocycles. The Morgan fingerprint density at radius 2 is 1.47 bits per heavy atom. The molecule has 0 amide bonds. The summed E-state index contributed by atoms with van der Waals surface area (Å²) in [5, 5.41) is -0.160. The molecule has 0 spiro atoms. The van der Waals surface area contributed by atoms with Crippen molar-refractivity contribution in [3.8, 4) is 5.75 Å². The van der Waals surface area contributed by atoms with Gasteiger partial charge in [0.05, 0.1) is 10.1 Å². The van der Waals surface area contributed by atoms with E-state index in [1.165, 1.54) is 70.9 Å². The summed E-state index contributed by atoms with van der Waals surface area (Å²) in [7, 11) is -3.13. The van der Waals surface area contributed by atoms with Crippen LogP contribution in [0.1, 0.15) is 88.2 Å². The van der Waals surface area contributed by atoms with Crippen LogP contribution in [-0.4, -0.2) is 43.8 Å². The van der Waals surface area contributed by atoms with Gasteiger partial charge >= 0.3 is 0 Å². The van der Waals surface area contributed by atoms with E-state index in [1.807, 2.05) is 12.1 Å². The van der Waals surface area contributed by atoms with Crippen molar-refractivity contribution in [3.05, 3.63) is 59.7 Å². The molecule has 4 nitrogen and oxygen atoms in total. The van der Waals surface area contributed by atoms with Crippen LogP contribution in [0.15, 0.2) is 53.4 Å². The summed E-state index contributed by atoms with van der Waals surface area (Å²) in [5.74, 6) is 2.50. The highest BCUT2D eigenvalue weighted by atomic mass is 32.2. The van der Waals surface area contributed by atoms with Crippen LogP contribution in [0.3, 0.4) is 0 Å². The molecular weight excluding hydrogens is 490 g/mol. The Bertz CT molecular complexity index is 1230. The number of hydrogen-bond donors (Lipinski definition) is 0. The number of piperidine rings is 1. The van der Waals surface area contributed by atoms with Crippen molar-refractivity contribution >= 4 is 9.84 Å². The number of aryl methyl sites for hydroxylation is 1. The van der Waals surface area contributed by atoms with Crippen molar-refractivity contribution in [1.29, 1.82) is 0 Å². The van der Waals surface area contributed by atoms with Crippen LogP contribution in [-0.2, 0) is 21.7 Å². The van der Waals surface area contributed by atoms with Gasteiger partial charge in [-0.05, 0) is 118 Å². The average Bonchev–Trinajstić information content (AvgIpc) is 3.66. The van der Waals surface area contributed by atoms with E-state index in [2.05, 4.69) is 29.2 Å². The van der Waals surface area contributed by atoms with Gasteiger partial charge in [0.25, 0.3) is 0 Å². The maximum Gasteiger partial charge on any atom is 0.181 e. The van der Waals surface area contributed by atoms with E-state index in [-0.39, 0.29) is 11.4 Å². The van der Waals surface area contributed by atoms with E-state index < -0.39 is 9.84 Å². The molecule has 1 atom stereocenters. The molecule has 204 valence electrons. The molecule has 5 aliphatic rings. The van der Waals surface area contributed by atoms with E-state index in [9.17, 15) is 8.42 Å². The normalized spacial score (nSPS) is 31.1. The van der Waals surface area contributed by atoms with Crippen LogP contribution in [0.4, 0.5) is 0 Å². The smallest absolute Gasteiger partial charge is 0.181 e. The zero-order chi connectivity index (χ0) is 25.7. The first kappa shape index (κ1) is 25.1. The summed E-state index contributed by atoms with van der Waals surface area (Å²) in [6.07, 6.45) is 16.5. The third kappa shape index (κ3) is 4.42. The van der Waals surface area contributed by atoms with Crippen molar-refractivity contribution in [3.63, 3.8) is 0 Å². The van der Waals surface area contributed by atoms with Crippen LogP contribution < -0.4 is 4.74 Å². The summed E-state index contributed by atoms with van der Waals surface area (Å²) in [6.45, 7) is 2.46. The van der Waals surface area contributed by atoms with Crippen molar-refractivity contribution in [2.75, 3.05) is 13.1 Å². The number of nitrogens with zero attached hydrogens (tertiary/aromatic N) is 1. The van der Waals surface area contributed by atoms with Crippen molar-refractivity contribution in [2.24, 2.45) is 11.8 Å². The number of hydrogen-bond acceptors (Lipinski definition) is 4. The molecule has 3 saturated carbocycles. The fourth-order valence-electron chi connectivity index (χ4n) is 8.70. The maximum absolute atomic E-state index is 12.4. The minimum atomic E-state index is -3.13. The second kappa shape index (κ2) is 9.96. The predicted octanol–water partition coefficient (Wildman–Crippen LogP) is 6.71. The molecule has 2 aromatic rings. The number of rotatable bonds is 7. The highest BCUT2D eigenvalue weighted by Crippen LogP contribution is 2.55. The Morgan fingerprint density at radius 3 is 2.18 bits per heavy atom. The number of ether oxygens (including phenoxy) is 1. The first-order valence-corrected chi connectivity index (χ1v) is 16.9. The highest BCUT2D eigenvalue weighted by molar-refractivity contribution is 7.92. The summed E-state index contributed by atoms with van der Waals surface area (Å²) in [5.41, 5.74) is 3.79. The standard InChI is InChI=1S/C33H43NO3S/c35-38(36,31-15-16-31)30-13-11-28(12-14-30)37-29-22-27(23-29)34-20-17-26(18-21-34)33(25-8-2-3-9-25)19-5-7-24-6-1-4-10-32(24)33/h1,4,6,10-14,25-27,29,31H,2-3,5,7-9,15-23H2. The molecule has 1 heterocycles. The second-order valence-electron chi connectivity index (χ2n) is 12.9. The molecule has 0 N–H and O–H groups in total. The second-order valence-corrected chi connectivity index (χ2v) is 15.2. The SMILES string of the molecule is O=S(=O)(c1ccc(OC2CC(N3CCC(C4(C5CCCC5)CCCc5ccccc54)CC3)C2)cc1)C1CC1. The molecule has 1 unspecified atom stereocenters.